The molecule has 25 heavy (non-hydrogen) atoms. The quantitative estimate of drug-likeness (QED) is 0.405. The van der Waals surface area contributed by atoms with Gasteiger partial charge >= 0.3 is 8.03 Å². The van der Waals surface area contributed by atoms with Crippen LogP contribution in [0.3, 0.4) is 0 Å². The molecule has 0 heterocycles. The molecule has 1 fully saturated rings. The maximum absolute atomic E-state index is 11.0. The summed E-state index contributed by atoms with van der Waals surface area (Å²) in [5, 5.41) is 14.5. The molecular weight excluding hydrogens is 380 g/mol. The van der Waals surface area contributed by atoms with Gasteiger partial charge in [-0.25, -0.2) is 0 Å². The molecule has 1 aliphatic carbocycles. The zero-order valence-corrected chi connectivity index (χ0v) is 16.9. The average Bonchev–Trinajstić information content (AvgIpc) is 2.55. The predicted molar refractivity (Wildman–Crippen MR) is 103 cm³/mol. The Morgan fingerprint density at radius 1 is 1.28 bits per heavy atom. The molecule has 1 aliphatic rings. The highest BCUT2D eigenvalue weighted by Gasteiger charge is 2.28. The van der Waals surface area contributed by atoms with Crippen molar-refractivity contribution in [1.82, 2.24) is 5.32 Å². The fourth-order valence-electron chi connectivity index (χ4n) is 3.69. The molecule has 7 heteroatoms. The van der Waals surface area contributed by atoms with Gasteiger partial charge in [-0.2, -0.15) is 4.89 Å². The van der Waals surface area contributed by atoms with Crippen LogP contribution >= 0.6 is 31.2 Å². The van der Waals surface area contributed by atoms with E-state index in [1.165, 1.54) is 0 Å². The van der Waals surface area contributed by atoms with Crippen molar-refractivity contribution in [1.29, 1.82) is 0 Å². The Balaban J connectivity index is 1.76. The second kappa shape index (κ2) is 10.2. The number of hydrogen-bond acceptors (Lipinski definition) is 3. The van der Waals surface area contributed by atoms with E-state index in [2.05, 4.69) is 5.32 Å². The van der Waals surface area contributed by atoms with E-state index in [-0.39, 0.29) is 6.04 Å². The van der Waals surface area contributed by atoms with Crippen LogP contribution < -0.4 is 5.32 Å². The van der Waals surface area contributed by atoms with Crippen LogP contribution in [0.2, 0.25) is 10.0 Å². The van der Waals surface area contributed by atoms with Crippen LogP contribution in [0, 0.1) is 11.8 Å². The monoisotopic (exact) mass is 406 g/mol. The largest absolute Gasteiger partial charge is 0.505 e. The molecule has 0 aliphatic heterocycles. The number of nitrogens with one attached hydrogen (secondary N) is 1. The number of rotatable bonds is 8. The van der Waals surface area contributed by atoms with Gasteiger partial charge in [-0.1, -0.05) is 42.1 Å². The van der Waals surface area contributed by atoms with Crippen LogP contribution in [0.4, 0.5) is 0 Å². The summed E-state index contributed by atoms with van der Waals surface area (Å²) in [6, 6.07) is 5.45. The summed E-state index contributed by atoms with van der Waals surface area (Å²) in [7, 11) is -2.04. The van der Waals surface area contributed by atoms with Gasteiger partial charge in [0.25, 0.3) is 0 Å². The zero-order valence-electron chi connectivity index (χ0n) is 14.5. The second-order valence-corrected chi connectivity index (χ2v) is 8.97. The van der Waals surface area contributed by atoms with Gasteiger partial charge in [0, 0.05) is 12.0 Å². The third-order valence-electron chi connectivity index (χ3n) is 5.04. The minimum absolute atomic E-state index is 0.0257. The van der Waals surface area contributed by atoms with Gasteiger partial charge in [0.1, 0.15) is 6.23 Å². The number of aliphatic hydroxyl groups is 1. The number of benzene rings is 1. The summed E-state index contributed by atoms with van der Waals surface area (Å²) >= 11 is 12.0. The van der Waals surface area contributed by atoms with Crippen molar-refractivity contribution in [3.05, 3.63) is 33.8 Å². The first-order valence-corrected chi connectivity index (χ1v) is 11.0. The van der Waals surface area contributed by atoms with Gasteiger partial charge in [-0.3, -0.25) is 5.32 Å². The Bertz CT molecular complexity index is 587. The van der Waals surface area contributed by atoms with E-state index in [0.29, 0.717) is 34.5 Å². The molecule has 0 radical (unpaired) electrons. The summed E-state index contributed by atoms with van der Waals surface area (Å²) in [4.78, 5) is 9.09. The van der Waals surface area contributed by atoms with E-state index in [1.807, 2.05) is 19.1 Å². The highest BCUT2D eigenvalue weighted by atomic mass is 35.5. The van der Waals surface area contributed by atoms with Crippen LogP contribution in [0.25, 0.3) is 0 Å². The van der Waals surface area contributed by atoms with Crippen LogP contribution in [0.1, 0.15) is 57.1 Å². The molecule has 1 aromatic rings. The topological polar surface area (TPSA) is 69.6 Å². The molecule has 3 N–H and O–H groups in total. The molecule has 0 aromatic heterocycles. The van der Waals surface area contributed by atoms with E-state index in [4.69, 9.17) is 28.1 Å². The molecule has 140 valence electrons. The smallest absolute Gasteiger partial charge is 0.379 e. The Hall–Kier alpha value is -0.220. The molecule has 1 aromatic carbocycles. The molecule has 0 spiro atoms. The summed E-state index contributed by atoms with van der Waals surface area (Å²) in [6.07, 6.45) is 5.75. The Labute approximate surface area is 160 Å². The van der Waals surface area contributed by atoms with E-state index in [9.17, 15) is 9.67 Å². The van der Waals surface area contributed by atoms with E-state index >= 15 is 0 Å². The third-order valence-corrected chi connectivity index (χ3v) is 6.61. The number of hydrogen-bond donors (Lipinski definition) is 3. The van der Waals surface area contributed by atoms with Gasteiger partial charge < -0.3 is 5.11 Å². The first kappa shape index (κ1) is 21.1. The van der Waals surface area contributed by atoms with Crippen molar-refractivity contribution in [3.8, 4) is 0 Å². The SMILES string of the molecule is C[C@@H](NC(O)CCC1CCCC(C[P+](=O)O)C1)c1ccc(Cl)c(Cl)c1. The van der Waals surface area contributed by atoms with E-state index in [1.54, 1.807) is 6.07 Å². The summed E-state index contributed by atoms with van der Waals surface area (Å²) in [5.41, 5.74) is 0.984. The Kier molecular flexibility index (Phi) is 8.60. The molecule has 5 atom stereocenters. The minimum atomic E-state index is -2.04. The van der Waals surface area contributed by atoms with Crippen molar-refractivity contribution in [2.24, 2.45) is 11.8 Å². The maximum Gasteiger partial charge on any atom is 0.505 e. The molecule has 0 amide bonds. The lowest BCUT2D eigenvalue weighted by atomic mass is 9.80. The van der Waals surface area contributed by atoms with Crippen molar-refractivity contribution < 1.29 is 14.6 Å². The molecule has 0 saturated heterocycles. The molecule has 4 nitrogen and oxygen atoms in total. The summed E-state index contributed by atoms with van der Waals surface area (Å²) in [6.45, 7) is 1.98. The van der Waals surface area contributed by atoms with Gasteiger partial charge in [0.05, 0.1) is 10.0 Å². The van der Waals surface area contributed by atoms with Crippen LogP contribution in [0.5, 0.6) is 0 Å². The van der Waals surface area contributed by atoms with Gasteiger partial charge in [0.2, 0.25) is 0 Å². The average molecular weight is 407 g/mol. The fraction of sp³-hybridized carbons (Fsp3) is 0.667. The van der Waals surface area contributed by atoms with Gasteiger partial charge in [0.15, 0.2) is 6.16 Å². The molecule has 4 unspecified atom stereocenters. The van der Waals surface area contributed by atoms with E-state index in [0.717, 1.165) is 37.7 Å². The first-order chi connectivity index (χ1) is 11.8. The lowest BCUT2D eigenvalue weighted by molar-refractivity contribution is 0.102. The Morgan fingerprint density at radius 3 is 2.68 bits per heavy atom. The first-order valence-electron chi connectivity index (χ1n) is 8.87. The third kappa shape index (κ3) is 7.13. The zero-order chi connectivity index (χ0) is 18.4. The van der Waals surface area contributed by atoms with Gasteiger partial charge in [-0.15, -0.1) is 0 Å². The van der Waals surface area contributed by atoms with Crippen LogP contribution in [-0.4, -0.2) is 22.4 Å². The fourth-order valence-corrected chi connectivity index (χ4v) is 4.77. The highest BCUT2D eigenvalue weighted by Crippen LogP contribution is 2.36. The number of aliphatic hydroxyl groups excluding tert-OH is 1. The van der Waals surface area contributed by atoms with Gasteiger partial charge in [-0.05, 0) is 60.8 Å². The molecular formula is C18H27Cl2NO3P+. The second-order valence-electron chi connectivity index (χ2n) is 7.09. The maximum atomic E-state index is 11.0. The minimum Gasteiger partial charge on any atom is -0.379 e. The standard InChI is InChI=1S/C18H26Cl2NO3P/c1-12(15-6-7-16(19)17(20)10-15)21-18(22)8-5-13-3-2-4-14(9-13)11-25(23)24/h6-7,10,12-14,18,21-22H,2-5,8-9,11H2,1H3/p+1/t12-,13?,14?,18?/m1/s1. The molecule has 0 bridgehead atoms. The van der Waals surface area contributed by atoms with E-state index < -0.39 is 14.3 Å². The lowest BCUT2D eigenvalue weighted by Crippen LogP contribution is -2.32. The van der Waals surface area contributed by atoms with Crippen molar-refractivity contribution in [2.45, 2.75) is 57.7 Å². The summed E-state index contributed by atoms with van der Waals surface area (Å²) < 4.78 is 11.0. The van der Waals surface area contributed by atoms with Crippen molar-refractivity contribution >= 4 is 31.2 Å². The molecule has 2 rings (SSSR count). The molecule has 1 saturated carbocycles. The Morgan fingerprint density at radius 2 is 2.00 bits per heavy atom. The lowest BCUT2D eigenvalue weighted by Gasteiger charge is -2.28. The highest BCUT2D eigenvalue weighted by molar-refractivity contribution is 7.38. The summed E-state index contributed by atoms with van der Waals surface area (Å²) in [5.74, 6) is 0.887. The normalized spacial score (nSPS) is 24.0. The van der Waals surface area contributed by atoms with Crippen molar-refractivity contribution in [2.75, 3.05) is 6.16 Å². The number of halogens is 2. The predicted octanol–water partition coefficient (Wildman–Crippen LogP) is 5.28. The van der Waals surface area contributed by atoms with Crippen molar-refractivity contribution in [3.63, 3.8) is 0 Å². The van der Waals surface area contributed by atoms with Crippen LogP contribution in [0.15, 0.2) is 18.2 Å². The van der Waals surface area contributed by atoms with Crippen LogP contribution in [-0.2, 0) is 4.57 Å².